The summed E-state index contributed by atoms with van der Waals surface area (Å²) in [5, 5.41) is 13.2. The fourth-order valence-corrected chi connectivity index (χ4v) is 4.09. The van der Waals surface area contributed by atoms with Crippen molar-refractivity contribution in [1.82, 2.24) is 14.8 Å². The second-order valence-corrected chi connectivity index (χ2v) is 8.39. The van der Waals surface area contributed by atoms with Gasteiger partial charge in [-0.2, -0.15) is 0 Å². The first-order valence-corrected chi connectivity index (χ1v) is 11.3. The minimum absolute atomic E-state index is 0.0190. The van der Waals surface area contributed by atoms with E-state index in [4.69, 9.17) is 15.7 Å². The Morgan fingerprint density at radius 1 is 1.09 bits per heavy atom. The molecule has 1 fully saturated rings. The number of hydrogen-bond donors (Lipinski definition) is 2. The third-order valence-corrected chi connectivity index (χ3v) is 5.96. The normalized spacial score (nSPS) is 19.8. The average molecular weight is 451 g/mol. The summed E-state index contributed by atoms with van der Waals surface area (Å²) in [7, 11) is 0. The highest BCUT2D eigenvalue weighted by atomic mass is 16.6. The van der Waals surface area contributed by atoms with Crippen molar-refractivity contribution in [2.24, 2.45) is 15.9 Å². The topological polar surface area (TPSA) is 117 Å². The van der Waals surface area contributed by atoms with Gasteiger partial charge in [0.25, 0.3) is 0 Å². The van der Waals surface area contributed by atoms with Crippen molar-refractivity contribution >= 4 is 17.5 Å². The maximum absolute atomic E-state index is 10.9. The summed E-state index contributed by atoms with van der Waals surface area (Å²) in [6.45, 7) is 4.75. The van der Waals surface area contributed by atoms with Crippen molar-refractivity contribution in [3.05, 3.63) is 65.5 Å². The fraction of sp³-hybridized carbons (Fsp3) is 0.417. The summed E-state index contributed by atoms with van der Waals surface area (Å²) in [6.07, 6.45) is 5.16. The Balaban J connectivity index is 1.23. The zero-order valence-electron chi connectivity index (χ0n) is 18.6. The molecule has 0 bridgehead atoms. The zero-order chi connectivity index (χ0) is 23.0. The maximum Gasteiger partial charge on any atom is 0.317 e. The van der Waals surface area contributed by atoms with Crippen molar-refractivity contribution in [3.8, 4) is 0 Å². The number of rotatable bonds is 9. The van der Waals surface area contributed by atoms with Gasteiger partial charge in [0, 0.05) is 63.6 Å². The number of carbonyl (C=O) groups is 1. The lowest BCUT2D eigenvalue weighted by Gasteiger charge is -2.34. The molecule has 174 valence electrons. The van der Waals surface area contributed by atoms with Crippen LogP contribution in [-0.4, -0.2) is 89.3 Å². The van der Waals surface area contributed by atoms with E-state index in [0.717, 1.165) is 62.4 Å². The lowest BCUT2D eigenvalue weighted by atomic mass is 10.0. The first-order chi connectivity index (χ1) is 16.1. The highest BCUT2D eigenvalue weighted by Gasteiger charge is 2.27. The number of aromatic nitrogens is 1. The molecular weight excluding hydrogens is 420 g/mol. The summed E-state index contributed by atoms with van der Waals surface area (Å²) < 4.78 is 0. The molecule has 4 rings (SSSR count). The van der Waals surface area contributed by atoms with Gasteiger partial charge in [0.05, 0.1) is 12.3 Å². The van der Waals surface area contributed by atoms with Gasteiger partial charge < -0.3 is 15.7 Å². The largest absolute Gasteiger partial charge is 0.480 e. The maximum atomic E-state index is 10.9. The summed E-state index contributed by atoms with van der Waals surface area (Å²) in [6, 6.07) is 11.9. The predicted octanol–water partition coefficient (Wildman–Crippen LogP) is 1.22. The lowest BCUT2D eigenvalue weighted by molar-refractivity contribution is -0.138. The van der Waals surface area contributed by atoms with Crippen molar-refractivity contribution in [2.45, 2.75) is 18.9 Å². The molecule has 0 radical (unpaired) electrons. The van der Waals surface area contributed by atoms with Gasteiger partial charge in [0.2, 0.25) is 0 Å². The van der Waals surface area contributed by atoms with Gasteiger partial charge in [-0.05, 0) is 29.7 Å². The summed E-state index contributed by atoms with van der Waals surface area (Å²) in [4.78, 5) is 29.3. The summed E-state index contributed by atoms with van der Waals surface area (Å²) in [5.74, 6) is -0.246. The van der Waals surface area contributed by atoms with Crippen molar-refractivity contribution in [1.29, 1.82) is 0 Å². The van der Waals surface area contributed by atoms with Crippen LogP contribution in [0.4, 0.5) is 0 Å². The van der Waals surface area contributed by atoms with Crippen LogP contribution >= 0.6 is 0 Å². The number of carboxylic acids is 1. The van der Waals surface area contributed by atoms with Gasteiger partial charge >= 0.3 is 5.97 Å². The first-order valence-electron chi connectivity index (χ1n) is 11.3. The molecule has 0 amide bonds. The van der Waals surface area contributed by atoms with E-state index in [1.165, 1.54) is 5.56 Å². The monoisotopic (exact) mass is 450 g/mol. The Labute approximate surface area is 193 Å². The van der Waals surface area contributed by atoms with Crippen molar-refractivity contribution < 1.29 is 14.7 Å². The fourth-order valence-electron chi connectivity index (χ4n) is 4.09. The SMILES string of the molecule is NC(=NCCc1ccncc1)c1ccc(C2=NOC(CN3CCN(CC(=O)O)CC3)C2)cc1. The minimum Gasteiger partial charge on any atom is -0.480 e. The molecule has 1 atom stereocenters. The number of aliphatic imine (C=N–C) groups is 1. The van der Waals surface area contributed by atoms with E-state index in [0.29, 0.717) is 12.4 Å². The smallest absolute Gasteiger partial charge is 0.317 e. The Kier molecular flexibility index (Phi) is 7.64. The molecule has 0 aliphatic carbocycles. The predicted molar refractivity (Wildman–Crippen MR) is 127 cm³/mol. The lowest BCUT2D eigenvalue weighted by Crippen LogP contribution is -2.49. The van der Waals surface area contributed by atoms with Crippen molar-refractivity contribution in [2.75, 3.05) is 45.8 Å². The summed E-state index contributed by atoms with van der Waals surface area (Å²) >= 11 is 0. The molecular formula is C24H30N6O3. The van der Waals surface area contributed by atoms with Crippen LogP contribution < -0.4 is 5.73 Å². The van der Waals surface area contributed by atoms with Gasteiger partial charge in [0.1, 0.15) is 11.9 Å². The van der Waals surface area contributed by atoms with E-state index in [-0.39, 0.29) is 12.6 Å². The highest BCUT2D eigenvalue weighted by Crippen LogP contribution is 2.19. The first kappa shape index (κ1) is 22.9. The third-order valence-electron chi connectivity index (χ3n) is 5.96. The number of hydrogen-bond acceptors (Lipinski definition) is 7. The number of carboxylic acid groups (broad SMARTS) is 1. The molecule has 2 aliphatic heterocycles. The van der Waals surface area contributed by atoms with E-state index < -0.39 is 5.97 Å². The van der Waals surface area contributed by atoms with Gasteiger partial charge in [0.15, 0.2) is 0 Å². The summed E-state index contributed by atoms with van der Waals surface area (Å²) in [5.41, 5.74) is 10.2. The number of oxime groups is 1. The number of piperazine rings is 1. The van der Waals surface area contributed by atoms with Gasteiger partial charge in [-0.15, -0.1) is 0 Å². The second-order valence-electron chi connectivity index (χ2n) is 8.39. The Bertz CT molecular complexity index is 985. The number of nitrogens with zero attached hydrogens (tertiary/aromatic N) is 5. The number of pyridine rings is 1. The average Bonchev–Trinajstić information content (AvgIpc) is 3.29. The minimum atomic E-state index is -0.774. The van der Waals surface area contributed by atoms with Crippen LogP contribution in [0.5, 0.6) is 0 Å². The number of nitrogens with two attached hydrogens (primary N) is 1. The van der Waals surface area contributed by atoms with Crippen LogP contribution in [0.2, 0.25) is 0 Å². The molecule has 3 heterocycles. The van der Waals surface area contributed by atoms with Crippen LogP contribution in [-0.2, 0) is 16.1 Å². The Morgan fingerprint density at radius 2 is 1.79 bits per heavy atom. The quantitative estimate of drug-likeness (QED) is 0.436. The molecule has 9 nitrogen and oxygen atoms in total. The zero-order valence-corrected chi connectivity index (χ0v) is 18.6. The van der Waals surface area contributed by atoms with E-state index in [2.05, 4.69) is 20.0 Å². The molecule has 9 heteroatoms. The Morgan fingerprint density at radius 3 is 2.48 bits per heavy atom. The number of aliphatic carboxylic acids is 1. The van der Waals surface area contributed by atoms with Crippen LogP contribution in [0, 0.1) is 0 Å². The molecule has 1 unspecified atom stereocenters. The van der Waals surface area contributed by atoms with E-state index >= 15 is 0 Å². The van der Waals surface area contributed by atoms with E-state index in [1.54, 1.807) is 12.4 Å². The molecule has 1 saturated heterocycles. The van der Waals surface area contributed by atoms with Crippen LogP contribution in [0.3, 0.4) is 0 Å². The molecule has 1 aromatic carbocycles. The van der Waals surface area contributed by atoms with Crippen LogP contribution in [0.1, 0.15) is 23.1 Å². The standard InChI is InChI=1S/C24H30N6O3/c25-24(27-10-7-18-5-8-26-9-6-18)20-3-1-19(2-4-20)22-15-21(33-28-22)16-29-11-13-30(14-12-29)17-23(31)32/h1-6,8-9,21H,7,10-17H2,(H2,25,27)(H,31,32). The van der Waals surface area contributed by atoms with Gasteiger partial charge in [-0.25, -0.2) is 0 Å². The molecule has 3 N–H and O–H groups in total. The highest BCUT2D eigenvalue weighted by molar-refractivity contribution is 6.03. The third kappa shape index (κ3) is 6.59. The van der Waals surface area contributed by atoms with Crippen LogP contribution in [0.25, 0.3) is 0 Å². The number of amidine groups is 1. The molecule has 2 aromatic rings. The molecule has 0 saturated carbocycles. The molecule has 1 aromatic heterocycles. The second kappa shape index (κ2) is 11.0. The molecule has 33 heavy (non-hydrogen) atoms. The van der Waals surface area contributed by atoms with Gasteiger partial charge in [-0.1, -0.05) is 29.4 Å². The van der Waals surface area contributed by atoms with Crippen LogP contribution in [0.15, 0.2) is 58.9 Å². The van der Waals surface area contributed by atoms with E-state index in [9.17, 15) is 4.79 Å². The molecule has 0 spiro atoms. The van der Waals surface area contributed by atoms with Gasteiger partial charge in [-0.3, -0.25) is 24.6 Å². The van der Waals surface area contributed by atoms with Crippen molar-refractivity contribution in [3.63, 3.8) is 0 Å². The van der Waals surface area contributed by atoms with E-state index in [1.807, 2.05) is 41.3 Å². The molecule has 2 aliphatic rings. The number of benzene rings is 1. The Hall–Kier alpha value is -3.30.